The Bertz CT molecular complexity index is 1060. The van der Waals surface area contributed by atoms with Crippen LogP contribution >= 0.6 is 15.9 Å². The van der Waals surface area contributed by atoms with E-state index in [0.717, 1.165) is 32.2 Å². The molecule has 0 aliphatic rings. The minimum Gasteiger partial charge on any atom is -0.245 e. The molecule has 4 nitrogen and oxygen atoms in total. The summed E-state index contributed by atoms with van der Waals surface area (Å²) in [7, 11) is 0. The van der Waals surface area contributed by atoms with Crippen LogP contribution in [0.4, 0.5) is 5.95 Å². The molecule has 3 aromatic carbocycles. The molecule has 0 unspecified atom stereocenters. The molecule has 4 rings (SSSR count). The molecular formula is C21H15BrN4. The Morgan fingerprint density at radius 1 is 0.846 bits per heavy atom. The van der Waals surface area contributed by atoms with E-state index < -0.39 is 0 Å². The van der Waals surface area contributed by atoms with Crippen LogP contribution < -0.4 is 5.43 Å². The summed E-state index contributed by atoms with van der Waals surface area (Å²) in [4.78, 5) is 9.26. The van der Waals surface area contributed by atoms with Crippen molar-refractivity contribution >= 4 is 39.0 Å². The lowest BCUT2D eigenvalue weighted by atomic mass is 10.1. The van der Waals surface area contributed by atoms with Crippen LogP contribution in [0.3, 0.4) is 0 Å². The molecule has 0 aliphatic carbocycles. The van der Waals surface area contributed by atoms with Crippen LogP contribution in [0.5, 0.6) is 0 Å². The maximum absolute atomic E-state index is 4.69. The van der Waals surface area contributed by atoms with Gasteiger partial charge in [0.15, 0.2) is 0 Å². The average Bonchev–Trinajstić information content (AvgIpc) is 2.69. The highest BCUT2D eigenvalue weighted by Gasteiger charge is 2.10. The summed E-state index contributed by atoms with van der Waals surface area (Å²) < 4.78 is 0.994. The van der Waals surface area contributed by atoms with Crippen molar-refractivity contribution < 1.29 is 0 Å². The first-order valence-electron chi connectivity index (χ1n) is 8.16. The molecule has 26 heavy (non-hydrogen) atoms. The number of nitrogens with zero attached hydrogens (tertiary/aromatic N) is 3. The lowest BCUT2D eigenvalue weighted by Gasteiger charge is -2.09. The van der Waals surface area contributed by atoms with Gasteiger partial charge < -0.3 is 0 Å². The quantitative estimate of drug-likeness (QED) is 0.361. The highest BCUT2D eigenvalue weighted by Crippen LogP contribution is 2.29. The summed E-state index contributed by atoms with van der Waals surface area (Å²) in [6, 6.07) is 25.9. The van der Waals surface area contributed by atoms with Gasteiger partial charge in [-0.2, -0.15) is 5.10 Å². The molecule has 0 bridgehead atoms. The minimum absolute atomic E-state index is 0.464. The third kappa shape index (κ3) is 3.63. The molecule has 0 radical (unpaired) electrons. The van der Waals surface area contributed by atoms with Gasteiger partial charge in [-0.05, 0) is 23.8 Å². The number of aromatic nitrogens is 2. The Hall–Kier alpha value is -3.05. The van der Waals surface area contributed by atoms with Gasteiger partial charge in [0.1, 0.15) is 0 Å². The monoisotopic (exact) mass is 402 g/mol. The van der Waals surface area contributed by atoms with Crippen LogP contribution in [0.1, 0.15) is 5.56 Å². The summed E-state index contributed by atoms with van der Waals surface area (Å²) in [5.74, 6) is 0.464. The fourth-order valence-corrected chi connectivity index (χ4v) is 3.03. The number of rotatable bonds is 4. The zero-order valence-corrected chi connectivity index (χ0v) is 15.4. The number of anilines is 1. The Balaban J connectivity index is 1.74. The van der Waals surface area contributed by atoms with Gasteiger partial charge in [0.2, 0.25) is 5.95 Å². The van der Waals surface area contributed by atoms with Gasteiger partial charge in [-0.3, -0.25) is 0 Å². The standard InChI is InChI=1S/C21H15BrN4/c22-17-11-12-19-18(13-17)20(16-9-5-2-6-10-16)25-21(24-19)26-23-14-15-7-3-1-4-8-15/h1-14H,(H,24,25,26)/b23-14-. The van der Waals surface area contributed by atoms with Crippen molar-refractivity contribution in [2.45, 2.75) is 0 Å². The number of hydrogen-bond donors (Lipinski definition) is 1. The zero-order chi connectivity index (χ0) is 17.8. The van der Waals surface area contributed by atoms with E-state index in [9.17, 15) is 0 Å². The maximum atomic E-state index is 4.69. The van der Waals surface area contributed by atoms with E-state index in [0.29, 0.717) is 5.95 Å². The molecule has 4 aromatic rings. The smallest absolute Gasteiger partial charge is 0.244 e. The molecule has 0 saturated carbocycles. The predicted molar refractivity (Wildman–Crippen MR) is 110 cm³/mol. The fourth-order valence-electron chi connectivity index (χ4n) is 2.67. The van der Waals surface area contributed by atoms with Gasteiger partial charge >= 0.3 is 0 Å². The maximum Gasteiger partial charge on any atom is 0.244 e. The van der Waals surface area contributed by atoms with Crippen molar-refractivity contribution in [1.29, 1.82) is 0 Å². The largest absolute Gasteiger partial charge is 0.245 e. The molecule has 1 aromatic heterocycles. The number of hydrazone groups is 1. The summed E-state index contributed by atoms with van der Waals surface area (Å²) in [5.41, 5.74) is 6.72. The number of hydrogen-bond acceptors (Lipinski definition) is 4. The molecule has 0 atom stereocenters. The Morgan fingerprint density at radius 3 is 2.35 bits per heavy atom. The summed E-state index contributed by atoms with van der Waals surface area (Å²) in [6.07, 6.45) is 1.75. The van der Waals surface area contributed by atoms with Gasteiger partial charge in [0.25, 0.3) is 0 Å². The topological polar surface area (TPSA) is 50.2 Å². The van der Waals surface area contributed by atoms with E-state index in [2.05, 4.69) is 36.4 Å². The number of halogens is 1. The van der Waals surface area contributed by atoms with E-state index in [-0.39, 0.29) is 0 Å². The van der Waals surface area contributed by atoms with Gasteiger partial charge in [0, 0.05) is 15.4 Å². The highest BCUT2D eigenvalue weighted by molar-refractivity contribution is 9.10. The van der Waals surface area contributed by atoms with Crippen molar-refractivity contribution in [3.8, 4) is 11.3 Å². The predicted octanol–water partition coefficient (Wildman–Crippen LogP) is 5.51. The Kier molecular flexibility index (Phi) is 4.71. The first-order chi connectivity index (χ1) is 12.8. The van der Waals surface area contributed by atoms with Crippen LogP contribution in [0.25, 0.3) is 22.2 Å². The van der Waals surface area contributed by atoms with Crippen LogP contribution in [0.2, 0.25) is 0 Å². The molecule has 5 heteroatoms. The van der Waals surface area contributed by atoms with Crippen molar-refractivity contribution in [2.24, 2.45) is 5.10 Å². The third-order valence-electron chi connectivity index (χ3n) is 3.88. The minimum atomic E-state index is 0.464. The molecular weight excluding hydrogens is 388 g/mol. The van der Waals surface area contributed by atoms with Gasteiger partial charge in [-0.1, -0.05) is 76.6 Å². The van der Waals surface area contributed by atoms with E-state index >= 15 is 0 Å². The Labute approximate surface area is 159 Å². The second-order valence-electron chi connectivity index (χ2n) is 5.70. The van der Waals surface area contributed by atoms with Crippen LogP contribution in [-0.4, -0.2) is 16.2 Å². The van der Waals surface area contributed by atoms with E-state index in [1.807, 2.05) is 78.9 Å². The molecule has 0 aliphatic heterocycles. The first-order valence-corrected chi connectivity index (χ1v) is 8.96. The molecule has 0 amide bonds. The molecule has 126 valence electrons. The van der Waals surface area contributed by atoms with Crippen LogP contribution in [0, 0.1) is 0 Å². The third-order valence-corrected chi connectivity index (χ3v) is 4.38. The SMILES string of the molecule is Brc1ccc2nc(N/N=C\c3ccccc3)nc(-c3ccccc3)c2c1. The first kappa shape index (κ1) is 16.4. The van der Waals surface area contributed by atoms with E-state index in [4.69, 9.17) is 0 Å². The summed E-state index contributed by atoms with van der Waals surface area (Å²) >= 11 is 3.53. The van der Waals surface area contributed by atoms with Crippen molar-refractivity contribution in [1.82, 2.24) is 9.97 Å². The van der Waals surface area contributed by atoms with Crippen molar-refractivity contribution in [2.75, 3.05) is 5.43 Å². The second kappa shape index (κ2) is 7.45. The zero-order valence-electron chi connectivity index (χ0n) is 13.8. The van der Waals surface area contributed by atoms with Gasteiger partial charge in [0.05, 0.1) is 17.4 Å². The van der Waals surface area contributed by atoms with Crippen molar-refractivity contribution in [3.05, 3.63) is 88.9 Å². The normalized spacial score (nSPS) is 11.1. The van der Waals surface area contributed by atoms with E-state index in [1.54, 1.807) is 6.21 Å². The second-order valence-corrected chi connectivity index (χ2v) is 6.62. The van der Waals surface area contributed by atoms with Crippen LogP contribution in [0.15, 0.2) is 88.4 Å². The number of fused-ring (bicyclic) bond motifs is 1. The number of nitrogens with one attached hydrogen (secondary N) is 1. The number of benzene rings is 3. The molecule has 0 spiro atoms. The Morgan fingerprint density at radius 2 is 1.58 bits per heavy atom. The lowest BCUT2D eigenvalue weighted by molar-refractivity contribution is 1.16. The fraction of sp³-hybridized carbons (Fsp3) is 0. The van der Waals surface area contributed by atoms with Gasteiger partial charge in [-0.25, -0.2) is 15.4 Å². The molecule has 1 N–H and O–H groups in total. The molecule has 0 fully saturated rings. The lowest BCUT2D eigenvalue weighted by Crippen LogP contribution is -1.99. The summed E-state index contributed by atoms with van der Waals surface area (Å²) in [5, 5.41) is 5.25. The van der Waals surface area contributed by atoms with Gasteiger partial charge in [-0.15, -0.1) is 0 Å². The van der Waals surface area contributed by atoms with Crippen LogP contribution in [-0.2, 0) is 0 Å². The molecule has 0 saturated heterocycles. The highest BCUT2D eigenvalue weighted by atomic mass is 79.9. The molecule has 1 heterocycles. The summed E-state index contributed by atoms with van der Waals surface area (Å²) in [6.45, 7) is 0. The average molecular weight is 403 g/mol. The van der Waals surface area contributed by atoms with Crippen molar-refractivity contribution in [3.63, 3.8) is 0 Å². The van der Waals surface area contributed by atoms with E-state index in [1.165, 1.54) is 0 Å².